The van der Waals surface area contributed by atoms with Gasteiger partial charge in [-0.1, -0.05) is 0 Å². The lowest BCUT2D eigenvalue weighted by molar-refractivity contribution is -0.147. The van der Waals surface area contributed by atoms with Crippen LogP contribution in [0.1, 0.15) is 31.5 Å². The van der Waals surface area contributed by atoms with Gasteiger partial charge in [-0.05, 0) is 30.9 Å². The fraction of sp³-hybridized carbons (Fsp3) is 0.818. The van der Waals surface area contributed by atoms with Crippen molar-refractivity contribution in [3.8, 4) is 0 Å². The van der Waals surface area contributed by atoms with Gasteiger partial charge in [0.2, 0.25) is 0 Å². The standard InChI is InChI=1S/C11H18N4O3/c1-15-13-10(12-14-15)7-18-9-5-3-8(4-6-9)11(16)17-2/h8-9H,3-7H2,1-2H3. The third-order valence-corrected chi connectivity index (χ3v) is 3.21. The maximum Gasteiger partial charge on any atom is 0.308 e. The Morgan fingerprint density at radius 2 is 2.11 bits per heavy atom. The molecular weight excluding hydrogens is 236 g/mol. The molecule has 0 spiro atoms. The third kappa shape index (κ3) is 3.25. The highest BCUT2D eigenvalue weighted by molar-refractivity contribution is 5.72. The number of nitrogens with zero attached hydrogens (tertiary/aromatic N) is 4. The molecule has 1 aromatic heterocycles. The van der Waals surface area contributed by atoms with Crippen LogP contribution in [0.3, 0.4) is 0 Å². The minimum Gasteiger partial charge on any atom is -0.469 e. The number of carbonyl (C=O) groups excluding carboxylic acids is 1. The normalized spacial score (nSPS) is 23.9. The van der Waals surface area contributed by atoms with Crippen molar-refractivity contribution in [3.63, 3.8) is 0 Å². The zero-order valence-electron chi connectivity index (χ0n) is 10.7. The van der Waals surface area contributed by atoms with Crippen molar-refractivity contribution in [2.75, 3.05) is 7.11 Å². The first kappa shape index (κ1) is 12.9. The van der Waals surface area contributed by atoms with Gasteiger partial charge in [0.15, 0.2) is 5.82 Å². The van der Waals surface area contributed by atoms with Crippen LogP contribution in [-0.2, 0) is 27.9 Å². The zero-order chi connectivity index (χ0) is 13.0. The molecule has 100 valence electrons. The Balaban J connectivity index is 1.72. The maximum atomic E-state index is 11.4. The van der Waals surface area contributed by atoms with E-state index in [-0.39, 0.29) is 18.0 Å². The van der Waals surface area contributed by atoms with Gasteiger partial charge in [0.25, 0.3) is 0 Å². The van der Waals surface area contributed by atoms with Crippen molar-refractivity contribution in [3.05, 3.63) is 5.82 Å². The highest BCUT2D eigenvalue weighted by atomic mass is 16.5. The summed E-state index contributed by atoms with van der Waals surface area (Å²) in [6.07, 6.45) is 3.57. The fourth-order valence-electron chi connectivity index (χ4n) is 2.21. The second-order valence-electron chi connectivity index (χ2n) is 4.50. The smallest absolute Gasteiger partial charge is 0.308 e. The molecule has 0 N–H and O–H groups in total. The van der Waals surface area contributed by atoms with Gasteiger partial charge >= 0.3 is 5.97 Å². The summed E-state index contributed by atoms with van der Waals surface area (Å²) in [5.41, 5.74) is 0. The van der Waals surface area contributed by atoms with Gasteiger partial charge in [0.05, 0.1) is 26.2 Å². The third-order valence-electron chi connectivity index (χ3n) is 3.21. The summed E-state index contributed by atoms with van der Waals surface area (Å²) in [6, 6.07) is 0. The summed E-state index contributed by atoms with van der Waals surface area (Å²) in [5.74, 6) is 0.515. The molecule has 18 heavy (non-hydrogen) atoms. The van der Waals surface area contributed by atoms with Gasteiger partial charge in [-0.3, -0.25) is 4.79 Å². The first-order chi connectivity index (χ1) is 8.69. The molecular formula is C11H18N4O3. The summed E-state index contributed by atoms with van der Waals surface area (Å²) in [6.45, 7) is 0.376. The van der Waals surface area contributed by atoms with E-state index in [4.69, 9.17) is 9.47 Å². The predicted octanol–water partition coefficient (Wildman–Crippen LogP) is 0.458. The second kappa shape index (κ2) is 5.90. The number of aromatic nitrogens is 4. The highest BCUT2D eigenvalue weighted by Crippen LogP contribution is 2.27. The van der Waals surface area contributed by atoms with Crippen molar-refractivity contribution >= 4 is 5.97 Å². The molecule has 0 aromatic carbocycles. The Bertz CT molecular complexity index is 399. The molecule has 1 heterocycles. The Morgan fingerprint density at radius 3 is 2.67 bits per heavy atom. The van der Waals surface area contributed by atoms with Crippen LogP contribution < -0.4 is 0 Å². The van der Waals surface area contributed by atoms with E-state index in [1.807, 2.05) is 0 Å². The van der Waals surface area contributed by atoms with Crippen LogP contribution in [0.25, 0.3) is 0 Å². The topological polar surface area (TPSA) is 79.1 Å². The highest BCUT2D eigenvalue weighted by Gasteiger charge is 2.27. The molecule has 0 saturated heterocycles. The minimum absolute atomic E-state index is 0.0319. The summed E-state index contributed by atoms with van der Waals surface area (Å²) < 4.78 is 10.5. The van der Waals surface area contributed by atoms with Gasteiger partial charge in [0.1, 0.15) is 6.61 Å². The summed E-state index contributed by atoms with van der Waals surface area (Å²) in [5, 5.41) is 11.6. The number of ether oxygens (including phenoxy) is 2. The number of hydrogen-bond acceptors (Lipinski definition) is 6. The van der Waals surface area contributed by atoms with E-state index in [9.17, 15) is 4.79 Å². The van der Waals surface area contributed by atoms with Crippen LogP contribution in [0.15, 0.2) is 0 Å². The SMILES string of the molecule is COC(=O)C1CCC(OCc2nnn(C)n2)CC1. The van der Waals surface area contributed by atoms with Crippen molar-refractivity contribution in [2.24, 2.45) is 13.0 Å². The van der Waals surface area contributed by atoms with Crippen molar-refractivity contribution in [1.82, 2.24) is 20.2 Å². The zero-order valence-corrected chi connectivity index (χ0v) is 10.7. The lowest BCUT2D eigenvalue weighted by Crippen LogP contribution is -2.27. The van der Waals surface area contributed by atoms with Crippen LogP contribution in [0, 0.1) is 5.92 Å². The quantitative estimate of drug-likeness (QED) is 0.726. The molecule has 0 unspecified atom stereocenters. The number of rotatable bonds is 4. The Labute approximate surface area is 105 Å². The average Bonchev–Trinajstić information content (AvgIpc) is 2.82. The van der Waals surface area contributed by atoms with E-state index in [2.05, 4.69) is 15.4 Å². The van der Waals surface area contributed by atoms with E-state index >= 15 is 0 Å². The van der Waals surface area contributed by atoms with Crippen molar-refractivity contribution < 1.29 is 14.3 Å². The summed E-state index contributed by atoms with van der Waals surface area (Å²) >= 11 is 0. The molecule has 1 aliphatic carbocycles. The number of hydrogen-bond donors (Lipinski definition) is 0. The lowest BCUT2D eigenvalue weighted by atomic mass is 9.87. The Hall–Kier alpha value is -1.50. The largest absolute Gasteiger partial charge is 0.469 e. The number of methoxy groups -OCH3 is 1. The van der Waals surface area contributed by atoms with Crippen LogP contribution >= 0.6 is 0 Å². The molecule has 0 amide bonds. The van der Waals surface area contributed by atoms with E-state index in [1.54, 1.807) is 7.05 Å². The molecule has 2 rings (SSSR count). The van der Waals surface area contributed by atoms with E-state index in [1.165, 1.54) is 11.9 Å². The molecule has 1 aromatic rings. The molecule has 0 radical (unpaired) electrons. The van der Waals surface area contributed by atoms with Crippen molar-refractivity contribution in [1.29, 1.82) is 0 Å². The first-order valence-electron chi connectivity index (χ1n) is 6.11. The van der Waals surface area contributed by atoms with Gasteiger partial charge in [-0.2, -0.15) is 4.80 Å². The van der Waals surface area contributed by atoms with Crippen LogP contribution in [0.5, 0.6) is 0 Å². The van der Waals surface area contributed by atoms with Gasteiger partial charge < -0.3 is 9.47 Å². The number of esters is 1. The summed E-state index contributed by atoms with van der Waals surface area (Å²) in [4.78, 5) is 12.8. The summed E-state index contributed by atoms with van der Waals surface area (Å²) in [7, 11) is 3.16. The van der Waals surface area contributed by atoms with E-state index in [0.29, 0.717) is 12.4 Å². The minimum atomic E-state index is -0.107. The van der Waals surface area contributed by atoms with Crippen LogP contribution in [0.2, 0.25) is 0 Å². The molecule has 7 heteroatoms. The molecule has 1 fully saturated rings. The number of carbonyl (C=O) groups is 1. The van der Waals surface area contributed by atoms with Crippen LogP contribution in [-0.4, -0.2) is 39.4 Å². The van der Waals surface area contributed by atoms with E-state index < -0.39 is 0 Å². The first-order valence-corrected chi connectivity index (χ1v) is 6.11. The average molecular weight is 254 g/mol. The Morgan fingerprint density at radius 1 is 1.39 bits per heavy atom. The van der Waals surface area contributed by atoms with Gasteiger partial charge in [0, 0.05) is 0 Å². The molecule has 1 saturated carbocycles. The predicted molar refractivity (Wildman–Crippen MR) is 61.3 cm³/mol. The van der Waals surface area contributed by atoms with Gasteiger partial charge in [-0.15, -0.1) is 10.2 Å². The molecule has 7 nitrogen and oxygen atoms in total. The van der Waals surface area contributed by atoms with Crippen molar-refractivity contribution in [2.45, 2.75) is 38.4 Å². The Kier molecular flexibility index (Phi) is 4.24. The van der Waals surface area contributed by atoms with Crippen LogP contribution in [0.4, 0.5) is 0 Å². The maximum absolute atomic E-state index is 11.4. The molecule has 1 aliphatic rings. The second-order valence-corrected chi connectivity index (χ2v) is 4.50. The van der Waals surface area contributed by atoms with Gasteiger partial charge in [-0.25, -0.2) is 0 Å². The fourth-order valence-corrected chi connectivity index (χ4v) is 2.21. The molecule has 0 atom stereocenters. The van der Waals surface area contributed by atoms with E-state index in [0.717, 1.165) is 25.7 Å². The monoisotopic (exact) mass is 254 g/mol. The number of tetrazole rings is 1. The lowest BCUT2D eigenvalue weighted by Gasteiger charge is -2.26. The molecule has 0 bridgehead atoms. The number of aryl methyl sites for hydroxylation is 1. The molecule has 0 aliphatic heterocycles.